The molecule has 0 aliphatic carbocycles. The Kier molecular flexibility index (Phi) is 4.57. The Balaban J connectivity index is 1.76. The maximum absolute atomic E-state index is 12.1. The second-order valence-corrected chi connectivity index (χ2v) is 5.50. The largest absolute Gasteiger partial charge is 0.493 e. The lowest BCUT2D eigenvalue weighted by molar-refractivity contribution is -0.172. The Morgan fingerprint density at radius 3 is 1.92 bits per heavy atom. The van der Waals surface area contributed by atoms with Crippen molar-refractivity contribution in [2.45, 2.75) is 25.7 Å². The van der Waals surface area contributed by atoms with Crippen LogP contribution in [0.1, 0.15) is 36.0 Å². The highest BCUT2D eigenvalue weighted by Crippen LogP contribution is 2.30. The van der Waals surface area contributed by atoms with Gasteiger partial charge in [-0.2, -0.15) is 0 Å². The average molecular weight is 362 g/mol. The van der Waals surface area contributed by atoms with Gasteiger partial charge in [0.2, 0.25) is 0 Å². The number of nitrogens with zero attached hydrogens (tertiary/aromatic N) is 2. The number of amides is 4. The minimum atomic E-state index is -0.938. The fraction of sp³-hybridized carbons (Fsp3) is 0.312. The van der Waals surface area contributed by atoms with Crippen molar-refractivity contribution < 1.29 is 38.4 Å². The van der Waals surface area contributed by atoms with Crippen molar-refractivity contribution in [3.05, 3.63) is 23.8 Å². The summed E-state index contributed by atoms with van der Waals surface area (Å²) in [5, 5.41) is 1.07. The zero-order valence-electron chi connectivity index (χ0n) is 13.7. The lowest BCUT2D eigenvalue weighted by Crippen LogP contribution is -2.33. The number of hydroxylamine groups is 4. The smallest absolute Gasteiger partial charge is 0.364 e. The predicted octanol–water partition coefficient (Wildman–Crippen LogP) is 0.359. The van der Waals surface area contributed by atoms with E-state index in [1.807, 2.05) is 0 Å². The molecule has 1 aromatic carbocycles. The Morgan fingerprint density at radius 1 is 0.846 bits per heavy atom. The van der Waals surface area contributed by atoms with E-state index >= 15 is 0 Å². The van der Waals surface area contributed by atoms with Crippen molar-refractivity contribution in [1.29, 1.82) is 0 Å². The van der Waals surface area contributed by atoms with Gasteiger partial charge in [0, 0.05) is 25.7 Å². The molecular formula is C16H14N2O8. The summed E-state index contributed by atoms with van der Waals surface area (Å²) < 4.78 is 5.10. The van der Waals surface area contributed by atoms with Gasteiger partial charge in [0.15, 0.2) is 11.5 Å². The highest BCUT2D eigenvalue weighted by Gasteiger charge is 2.34. The van der Waals surface area contributed by atoms with Gasteiger partial charge in [-0.3, -0.25) is 19.2 Å². The van der Waals surface area contributed by atoms with Gasteiger partial charge in [-0.1, -0.05) is 0 Å². The molecule has 10 heteroatoms. The van der Waals surface area contributed by atoms with Gasteiger partial charge in [-0.15, -0.1) is 10.1 Å². The molecule has 0 atom stereocenters. The highest BCUT2D eigenvalue weighted by molar-refractivity contribution is 6.03. The van der Waals surface area contributed by atoms with Crippen LogP contribution in [0, 0.1) is 0 Å². The number of imide groups is 2. The standard InChI is InChI=1S/C16H14N2O8/c1-24-11-8-9(16(23)26-18-14(21)6-7-15(18)22)2-3-10(11)25-17-12(19)4-5-13(17)20/h2-3,8H,4-7H2,1H3. The first kappa shape index (κ1) is 17.4. The van der Waals surface area contributed by atoms with Gasteiger partial charge in [-0.25, -0.2) is 4.79 Å². The molecule has 0 bridgehead atoms. The molecule has 0 unspecified atom stereocenters. The summed E-state index contributed by atoms with van der Waals surface area (Å²) in [6.07, 6.45) is 0.0904. The third-order valence-corrected chi connectivity index (χ3v) is 3.77. The molecule has 2 heterocycles. The highest BCUT2D eigenvalue weighted by atomic mass is 16.7. The summed E-state index contributed by atoms with van der Waals surface area (Å²) in [4.78, 5) is 68.4. The molecule has 2 aliphatic rings. The van der Waals surface area contributed by atoms with E-state index < -0.39 is 29.6 Å². The Bertz CT molecular complexity index is 786. The van der Waals surface area contributed by atoms with Crippen molar-refractivity contribution in [3.63, 3.8) is 0 Å². The molecule has 136 valence electrons. The van der Waals surface area contributed by atoms with Crippen molar-refractivity contribution in [1.82, 2.24) is 10.1 Å². The van der Waals surface area contributed by atoms with Crippen LogP contribution in [0.25, 0.3) is 0 Å². The second-order valence-electron chi connectivity index (χ2n) is 5.50. The van der Waals surface area contributed by atoms with Gasteiger partial charge < -0.3 is 14.4 Å². The Hall–Kier alpha value is -3.43. The minimum Gasteiger partial charge on any atom is -0.493 e. The zero-order chi connectivity index (χ0) is 18.8. The van der Waals surface area contributed by atoms with Crippen LogP contribution in [-0.2, 0) is 24.0 Å². The van der Waals surface area contributed by atoms with Gasteiger partial charge in [0.1, 0.15) is 0 Å². The van der Waals surface area contributed by atoms with E-state index in [2.05, 4.69) is 0 Å². The number of carbonyl (C=O) groups is 5. The summed E-state index contributed by atoms with van der Waals surface area (Å²) in [6.45, 7) is 0. The average Bonchev–Trinajstić information content (AvgIpc) is 3.12. The van der Waals surface area contributed by atoms with E-state index in [9.17, 15) is 24.0 Å². The summed E-state index contributed by atoms with van der Waals surface area (Å²) in [5.74, 6) is -2.99. The van der Waals surface area contributed by atoms with Gasteiger partial charge in [0.25, 0.3) is 23.6 Å². The van der Waals surface area contributed by atoms with Crippen molar-refractivity contribution >= 4 is 29.6 Å². The number of methoxy groups -OCH3 is 1. The normalized spacial score (nSPS) is 17.1. The second kappa shape index (κ2) is 6.82. The molecule has 1 aromatic rings. The van der Waals surface area contributed by atoms with E-state index in [4.69, 9.17) is 14.4 Å². The number of ether oxygens (including phenoxy) is 1. The molecule has 0 N–H and O–H groups in total. The molecule has 10 nitrogen and oxygen atoms in total. The Morgan fingerprint density at radius 2 is 1.38 bits per heavy atom. The van der Waals surface area contributed by atoms with E-state index in [1.54, 1.807) is 0 Å². The first-order valence-corrected chi connectivity index (χ1v) is 7.70. The molecule has 4 amide bonds. The van der Waals surface area contributed by atoms with Crippen LogP contribution >= 0.6 is 0 Å². The van der Waals surface area contributed by atoms with Crippen molar-refractivity contribution in [3.8, 4) is 11.5 Å². The van der Waals surface area contributed by atoms with Crippen LogP contribution in [0.15, 0.2) is 18.2 Å². The molecule has 0 radical (unpaired) electrons. The molecule has 2 fully saturated rings. The number of carbonyl (C=O) groups excluding carboxylic acids is 5. The van der Waals surface area contributed by atoms with E-state index in [1.165, 1.54) is 25.3 Å². The predicted molar refractivity (Wildman–Crippen MR) is 81.2 cm³/mol. The topological polar surface area (TPSA) is 120 Å². The number of benzene rings is 1. The van der Waals surface area contributed by atoms with Crippen LogP contribution in [0.2, 0.25) is 0 Å². The molecule has 0 aromatic heterocycles. The van der Waals surface area contributed by atoms with Crippen molar-refractivity contribution in [2.24, 2.45) is 0 Å². The summed E-state index contributed by atoms with van der Waals surface area (Å²) in [7, 11) is 1.30. The fourth-order valence-electron chi connectivity index (χ4n) is 2.42. The monoisotopic (exact) mass is 362 g/mol. The lowest BCUT2D eigenvalue weighted by Gasteiger charge is -2.17. The first-order valence-electron chi connectivity index (χ1n) is 7.70. The first-order chi connectivity index (χ1) is 12.4. The maximum atomic E-state index is 12.1. The summed E-state index contributed by atoms with van der Waals surface area (Å²) >= 11 is 0. The van der Waals surface area contributed by atoms with Crippen LogP contribution < -0.4 is 9.57 Å². The molecule has 26 heavy (non-hydrogen) atoms. The van der Waals surface area contributed by atoms with Crippen LogP contribution in [-0.4, -0.2) is 46.8 Å². The van der Waals surface area contributed by atoms with Crippen LogP contribution in [0.4, 0.5) is 0 Å². The zero-order valence-corrected chi connectivity index (χ0v) is 13.7. The third-order valence-electron chi connectivity index (χ3n) is 3.77. The number of rotatable bonds is 5. The third kappa shape index (κ3) is 3.21. The molecule has 3 rings (SSSR count). The molecule has 2 aliphatic heterocycles. The van der Waals surface area contributed by atoms with Gasteiger partial charge in [0.05, 0.1) is 12.7 Å². The van der Waals surface area contributed by atoms with Crippen LogP contribution in [0.5, 0.6) is 11.5 Å². The quantitative estimate of drug-likeness (QED) is 0.689. The van der Waals surface area contributed by atoms with E-state index in [-0.39, 0.29) is 42.7 Å². The maximum Gasteiger partial charge on any atom is 0.364 e. The number of hydrogen-bond donors (Lipinski definition) is 0. The summed E-state index contributed by atoms with van der Waals surface area (Å²) in [5.41, 5.74) is -0.0132. The SMILES string of the molecule is COc1cc(C(=O)ON2C(=O)CCC2=O)ccc1ON1C(=O)CCC1=O. The van der Waals surface area contributed by atoms with Gasteiger partial charge >= 0.3 is 5.97 Å². The molecule has 0 spiro atoms. The lowest BCUT2D eigenvalue weighted by atomic mass is 10.2. The number of hydrogen-bond acceptors (Lipinski definition) is 8. The van der Waals surface area contributed by atoms with E-state index in [0.717, 1.165) is 0 Å². The van der Waals surface area contributed by atoms with Gasteiger partial charge in [-0.05, 0) is 18.2 Å². The Labute approximate surface area is 147 Å². The van der Waals surface area contributed by atoms with Crippen molar-refractivity contribution in [2.75, 3.05) is 7.11 Å². The van der Waals surface area contributed by atoms with Crippen LogP contribution in [0.3, 0.4) is 0 Å². The fourth-order valence-corrected chi connectivity index (χ4v) is 2.42. The molecular weight excluding hydrogens is 348 g/mol. The molecule has 0 saturated carbocycles. The summed E-state index contributed by atoms with van der Waals surface area (Å²) in [6, 6.07) is 3.84. The van der Waals surface area contributed by atoms with E-state index in [0.29, 0.717) is 10.1 Å². The molecule has 2 saturated heterocycles. The minimum absolute atomic E-state index is 0.0132.